The molecule has 0 bridgehead atoms. The van der Waals surface area contributed by atoms with Crippen LogP contribution in [-0.4, -0.2) is 31.3 Å². The molecule has 0 saturated carbocycles. The molecule has 0 saturated heterocycles. The summed E-state index contributed by atoms with van der Waals surface area (Å²) in [6.07, 6.45) is 52.4. The molecule has 0 spiro atoms. The van der Waals surface area contributed by atoms with Crippen LogP contribution >= 0.6 is 0 Å². The van der Waals surface area contributed by atoms with Crippen molar-refractivity contribution in [2.24, 2.45) is 0 Å². The quantitative estimate of drug-likeness (QED) is 0.0541. The van der Waals surface area contributed by atoms with Crippen LogP contribution < -0.4 is 9.47 Å². The van der Waals surface area contributed by atoms with Crippen molar-refractivity contribution in [3.05, 3.63) is 72.4 Å². The summed E-state index contributed by atoms with van der Waals surface area (Å²) in [6.45, 7) is 5.58. The van der Waals surface area contributed by atoms with Crippen molar-refractivity contribution < 1.29 is 9.47 Å². The van der Waals surface area contributed by atoms with Gasteiger partial charge in [0.15, 0.2) is 11.5 Å². The number of fused-ring (bicyclic) bond motifs is 1. The highest BCUT2D eigenvalue weighted by molar-refractivity contribution is 5.46. The minimum absolute atomic E-state index is 0.479. The summed E-state index contributed by atoms with van der Waals surface area (Å²) in [5.41, 5.74) is 1.33. The van der Waals surface area contributed by atoms with E-state index in [1.807, 2.05) is 0 Å². The van der Waals surface area contributed by atoms with Gasteiger partial charge in [-0.25, -0.2) is 0 Å². The van der Waals surface area contributed by atoms with E-state index >= 15 is 0 Å². The lowest BCUT2D eigenvalue weighted by Gasteiger charge is -2.28. The third kappa shape index (κ3) is 22.5. The molecule has 50 heavy (non-hydrogen) atoms. The third-order valence-electron chi connectivity index (χ3n) is 9.96. The van der Waals surface area contributed by atoms with Gasteiger partial charge in [-0.2, -0.15) is 0 Å². The Morgan fingerprint density at radius 3 is 1.38 bits per heavy atom. The zero-order valence-corrected chi connectivity index (χ0v) is 33.4. The molecule has 2 rings (SSSR count). The molecule has 0 atom stereocenters. The number of allylic oxidation sites excluding steroid dienone is 8. The Kier molecular flexibility index (Phi) is 26.7. The van der Waals surface area contributed by atoms with Gasteiger partial charge in [-0.3, -0.25) is 0 Å². The molecule has 0 aliphatic carbocycles. The van der Waals surface area contributed by atoms with Crippen molar-refractivity contribution in [2.75, 3.05) is 20.6 Å². The highest BCUT2D eigenvalue weighted by atomic mass is 16.7. The van der Waals surface area contributed by atoms with E-state index in [2.05, 4.69) is 99.6 Å². The maximum absolute atomic E-state index is 6.73. The molecular weight excluding hydrogens is 611 g/mol. The number of hydrogen-bond acceptors (Lipinski definition) is 3. The molecule has 1 heterocycles. The minimum atomic E-state index is -0.479. The fourth-order valence-electron chi connectivity index (χ4n) is 6.74. The first-order chi connectivity index (χ1) is 24.6. The van der Waals surface area contributed by atoms with Gasteiger partial charge < -0.3 is 14.4 Å². The van der Waals surface area contributed by atoms with Crippen molar-refractivity contribution in [1.82, 2.24) is 4.90 Å². The molecule has 1 aromatic carbocycles. The molecule has 0 unspecified atom stereocenters. The lowest BCUT2D eigenvalue weighted by atomic mass is 9.98. The van der Waals surface area contributed by atoms with Crippen LogP contribution in [0.15, 0.2) is 66.8 Å². The van der Waals surface area contributed by atoms with Crippen LogP contribution in [0.1, 0.15) is 186 Å². The molecule has 0 radical (unpaired) electrons. The molecular formula is C47H79NO2. The van der Waals surface area contributed by atoms with Gasteiger partial charge in [0.2, 0.25) is 0 Å². The Morgan fingerprint density at radius 2 is 0.920 bits per heavy atom. The molecule has 0 amide bonds. The number of hydrogen-bond donors (Lipinski definition) is 0. The molecule has 3 heteroatoms. The summed E-state index contributed by atoms with van der Waals surface area (Å²) in [7, 11) is 4.27. The minimum Gasteiger partial charge on any atom is -0.448 e. The van der Waals surface area contributed by atoms with E-state index in [0.717, 1.165) is 50.1 Å². The largest absolute Gasteiger partial charge is 0.448 e. The van der Waals surface area contributed by atoms with Crippen molar-refractivity contribution in [3.8, 4) is 11.5 Å². The first kappa shape index (κ1) is 43.9. The van der Waals surface area contributed by atoms with E-state index in [0.29, 0.717) is 0 Å². The number of benzene rings is 1. The molecule has 1 aliphatic rings. The Morgan fingerprint density at radius 1 is 0.500 bits per heavy atom. The first-order valence-corrected chi connectivity index (χ1v) is 21.3. The number of likely N-dealkylation sites (N-methyl/N-ethyl adjacent to an activating group) is 1. The van der Waals surface area contributed by atoms with Gasteiger partial charge in [0.05, 0.1) is 0 Å². The predicted molar refractivity (Wildman–Crippen MR) is 221 cm³/mol. The van der Waals surface area contributed by atoms with Crippen LogP contribution in [0.3, 0.4) is 0 Å². The number of rotatable bonds is 33. The maximum atomic E-state index is 6.73. The molecule has 0 fully saturated rings. The Hall–Kier alpha value is -2.26. The summed E-state index contributed by atoms with van der Waals surface area (Å²) >= 11 is 0. The second-order valence-electron chi connectivity index (χ2n) is 15.1. The molecule has 284 valence electrons. The first-order valence-electron chi connectivity index (χ1n) is 21.3. The summed E-state index contributed by atoms with van der Waals surface area (Å²) in [4.78, 5) is 2.24. The van der Waals surface area contributed by atoms with Gasteiger partial charge in [-0.15, -0.1) is 0 Å². The Labute approximate surface area is 311 Å². The van der Waals surface area contributed by atoms with Crippen molar-refractivity contribution in [3.63, 3.8) is 0 Å². The second kappa shape index (κ2) is 30.4. The lowest BCUT2D eigenvalue weighted by Crippen LogP contribution is -2.38. The zero-order chi connectivity index (χ0) is 35.8. The summed E-state index contributed by atoms with van der Waals surface area (Å²) in [6, 6.07) is 6.61. The van der Waals surface area contributed by atoms with E-state index in [-0.39, 0.29) is 0 Å². The summed E-state index contributed by atoms with van der Waals surface area (Å²) in [5.74, 6) is 1.42. The van der Waals surface area contributed by atoms with Gasteiger partial charge in [-0.05, 0) is 115 Å². The SMILES string of the molecule is CCCCCC=CCC=CCCCCCCCCC1(CCCCCCCCC=CCC=CCCCCC)Oc2ccc(CCN(C)C)cc2O1. The van der Waals surface area contributed by atoms with Crippen molar-refractivity contribution in [1.29, 1.82) is 0 Å². The van der Waals surface area contributed by atoms with Crippen LogP contribution in [0.4, 0.5) is 0 Å². The average molecular weight is 690 g/mol. The highest BCUT2D eigenvalue weighted by Gasteiger charge is 2.40. The van der Waals surface area contributed by atoms with E-state index in [1.54, 1.807) is 0 Å². The Balaban J connectivity index is 1.65. The van der Waals surface area contributed by atoms with Crippen LogP contribution in [0.5, 0.6) is 11.5 Å². The molecule has 0 aromatic heterocycles. The van der Waals surface area contributed by atoms with E-state index in [4.69, 9.17) is 9.47 Å². The average Bonchev–Trinajstić information content (AvgIpc) is 3.48. The topological polar surface area (TPSA) is 21.7 Å². The zero-order valence-electron chi connectivity index (χ0n) is 33.4. The van der Waals surface area contributed by atoms with Gasteiger partial charge in [0, 0.05) is 19.4 Å². The lowest BCUT2D eigenvalue weighted by molar-refractivity contribution is -0.0949. The molecule has 0 N–H and O–H groups in total. The normalized spacial score (nSPS) is 16.1. The smallest absolute Gasteiger partial charge is 0.251 e. The Bertz CT molecular complexity index is 1000. The summed E-state index contributed by atoms with van der Waals surface area (Å²) in [5, 5.41) is 0. The fraction of sp³-hybridized carbons (Fsp3) is 0.702. The molecule has 1 aliphatic heterocycles. The van der Waals surface area contributed by atoms with E-state index in [9.17, 15) is 0 Å². The molecule has 3 nitrogen and oxygen atoms in total. The predicted octanol–water partition coefficient (Wildman–Crippen LogP) is 14.7. The van der Waals surface area contributed by atoms with Gasteiger partial charge in [0.1, 0.15) is 0 Å². The van der Waals surface area contributed by atoms with Gasteiger partial charge in [0.25, 0.3) is 5.79 Å². The fourth-order valence-corrected chi connectivity index (χ4v) is 6.74. The number of unbranched alkanes of at least 4 members (excludes halogenated alkanes) is 18. The van der Waals surface area contributed by atoms with Gasteiger partial charge in [-0.1, -0.05) is 146 Å². The summed E-state index contributed by atoms with van der Waals surface area (Å²) < 4.78 is 13.4. The standard InChI is InChI=1S/C47H79NO2/c1-5-7-9-11-13-15-17-19-21-23-25-27-29-31-33-35-40-47(49-45-38-37-44(39-42-48(3)4)43-46(45)50-47)41-36-34-32-30-28-26-24-22-20-18-16-14-12-10-8-6-2/h13-16,19-22,37-38,43H,5-12,17-18,23-36,39-42H2,1-4H3. The monoisotopic (exact) mass is 690 g/mol. The number of ether oxygens (including phenoxy) is 2. The molecule has 1 aromatic rings. The second-order valence-corrected chi connectivity index (χ2v) is 15.1. The number of nitrogens with zero attached hydrogens (tertiary/aromatic N) is 1. The van der Waals surface area contributed by atoms with Crippen LogP contribution in [0.25, 0.3) is 0 Å². The van der Waals surface area contributed by atoms with Crippen LogP contribution in [-0.2, 0) is 6.42 Å². The van der Waals surface area contributed by atoms with E-state index < -0.39 is 5.79 Å². The maximum Gasteiger partial charge on any atom is 0.251 e. The van der Waals surface area contributed by atoms with Gasteiger partial charge >= 0.3 is 0 Å². The highest BCUT2D eigenvalue weighted by Crippen LogP contribution is 2.44. The van der Waals surface area contributed by atoms with Crippen molar-refractivity contribution in [2.45, 2.75) is 193 Å². The van der Waals surface area contributed by atoms with Crippen molar-refractivity contribution >= 4 is 0 Å². The van der Waals surface area contributed by atoms with Crippen LogP contribution in [0.2, 0.25) is 0 Å². The van der Waals surface area contributed by atoms with Crippen LogP contribution in [0, 0.1) is 0 Å². The third-order valence-corrected chi connectivity index (χ3v) is 9.96. The van der Waals surface area contributed by atoms with E-state index in [1.165, 1.54) is 147 Å².